The molecular formula is C20H31FN2. The number of aryl methyl sites for hydroxylation is 1. The minimum absolute atomic E-state index is 0.104. The summed E-state index contributed by atoms with van der Waals surface area (Å²) in [7, 11) is 1.95. The molecule has 1 heterocycles. The summed E-state index contributed by atoms with van der Waals surface area (Å²) in [6.45, 7) is 12.6. The molecule has 0 aliphatic rings. The van der Waals surface area contributed by atoms with Gasteiger partial charge in [-0.1, -0.05) is 45.8 Å². The molecule has 1 N–H and O–H groups in total. The molecule has 128 valence electrons. The van der Waals surface area contributed by atoms with E-state index < -0.39 is 0 Å². The first-order valence-corrected chi connectivity index (χ1v) is 8.69. The van der Waals surface area contributed by atoms with Crippen molar-refractivity contribution in [1.82, 2.24) is 10.3 Å². The quantitative estimate of drug-likeness (QED) is 0.625. The van der Waals surface area contributed by atoms with E-state index in [1.807, 2.05) is 27.0 Å². The Morgan fingerprint density at radius 1 is 1.26 bits per heavy atom. The number of nitrogens with one attached hydrogen (secondary N) is 1. The molecule has 0 aromatic carbocycles. The normalized spacial score (nSPS) is 13.7. The number of likely N-dealkylation sites (N-methyl/N-ethyl adjacent to an activating group) is 1. The van der Waals surface area contributed by atoms with Gasteiger partial charge in [0.1, 0.15) is 5.82 Å². The molecule has 3 heteroatoms. The fourth-order valence-corrected chi connectivity index (χ4v) is 3.04. The molecule has 0 amide bonds. The second kappa shape index (κ2) is 9.61. The molecule has 1 aromatic heterocycles. The predicted molar refractivity (Wildman–Crippen MR) is 98.0 cm³/mol. The van der Waals surface area contributed by atoms with Crippen molar-refractivity contribution in [2.75, 3.05) is 7.05 Å². The zero-order valence-electron chi connectivity index (χ0n) is 15.3. The predicted octanol–water partition coefficient (Wildman–Crippen LogP) is 5.30. The number of aromatic nitrogens is 1. The third kappa shape index (κ3) is 5.00. The van der Waals surface area contributed by atoms with E-state index in [9.17, 15) is 4.39 Å². The summed E-state index contributed by atoms with van der Waals surface area (Å²) in [5, 5.41) is 3.37. The average Bonchev–Trinajstić information content (AvgIpc) is 2.55. The van der Waals surface area contributed by atoms with E-state index in [1.165, 1.54) is 17.3 Å². The van der Waals surface area contributed by atoms with Crippen molar-refractivity contribution in [2.24, 2.45) is 0 Å². The fourth-order valence-electron chi connectivity index (χ4n) is 3.04. The first-order chi connectivity index (χ1) is 11.0. The minimum Gasteiger partial charge on any atom is -0.310 e. The molecule has 1 aromatic rings. The Labute approximate surface area is 140 Å². The number of allylic oxidation sites excluding steroid dienone is 1. The van der Waals surface area contributed by atoms with Crippen molar-refractivity contribution in [2.45, 2.75) is 65.8 Å². The van der Waals surface area contributed by atoms with Gasteiger partial charge in [-0.15, -0.1) is 0 Å². The zero-order valence-corrected chi connectivity index (χ0v) is 15.3. The van der Waals surface area contributed by atoms with Crippen LogP contribution in [0.2, 0.25) is 0 Å². The monoisotopic (exact) mass is 318 g/mol. The highest BCUT2D eigenvalue weighted by Crippen LogP contribution is 2.29. The van der Waals surface area contributed by atoms with E-state index in [4.69, 9.17) is 0 Å². The standard InChI is InChI=1S/C20H31FN2/c1-7-10-14(4)20(22-6)17(11-8-2)15(5)18-12-16(9-3)23-13-19(18)21/h12-13,20,22H,4,7-11H2,1-3,5-6H3/b17-15+. The van der Waals surface area contributed by atoms with Gasteiger partial charge < -0.3 is 5.32 Å². The summed E-state index contributed by atoms with van der Waals surface area (Å²) in [5.74, 6) is -0.246. The first kappa shape index (κ1) is 19.6. The molecule has 0 fully saturated rings. The van der Waals surface area contributed by atoms with Crippen LogP contribution in [0.4, 0.5) is 4.39 Å². The zero-order chi connectivity index (χ0) is 17.4. The lowest BCUT2D eigenvalue weighted by atomic mass is 9.88. The van der Waals surface area contributed by atoms with Gasteiger partial charge in [0, 0.05) is 17.3 Å². The summed E-state index contributed by atoms with van der Waals surface area (Å²) in [6.07, 6.45) is 6.16. The van der Waals surface area contributed by atoms with Gasteiger partial charge in [0.05, 0.1) is 6.20 Å². The molecule has 1 unspecified atom stereocenters. The van der Waals surface area contributed by atoms with Crippen LogP contribution in [-0.2, 0) is 6.42 Å². The van der Waals surface area contributed by atoms with Gasteiger partial charge in [-0.05, 0) is 50.4 Å². The van der Waals surface area contributed by atoms with Crippen LogP contribution >= 0.6 is 0 Å². The summed E-state index contributed by atoms with van der Waals surface area (Å²) >= 11 is 0. The Morgan fingerprint density at radius 3 is 2.43 bits per heavy atom. The van der Waals surface area contributed by atoms with Crippen molar-refractivity contribution >= 4 is 5.57 Å². The van der Waals surface area contributed by atoms with E-state index in [2.05, 4.69) is 30.7 Å². The van der Waals surface area contributed by atoms with Crippen LogP contribution in [0.15, 0.2) is 30.0 Å². The lowest BCUT2D eigenvalue weighted by Crippen LogP contribution is -2.30. The van der Waals surface area contributed by atoms with Crippen LogP contribution < -0.4 is 5.32 Å². The van der Waals surface area contributed by atoms with Crippen LogP contribution in [0.25, 0.3) is 5.57 Å². The average molecular weight is 318 g/mol. The van der Waals surface area contributed by atoms with Gasteiger partial charge in [-0.2, -0.15) is 0 Å². The van der Waals surface area contributed by atoms with Crippen LogP contribution in [-0.4, -0.2) is 18.1 Å². The minimum atomic E-state index is -0.246. The molecule has 0 saturated heterocycles. The number of hydrogen-bond acceptors (Lipinski definition) is 2. The van der Waals surface area contributed by atoms with Gasteiger partial charge in [-0.25, -0.2) is 4.39 Å². The molecule has 0 aliphatic carbocycles. The van der Waals surface area contributed by atoms with Crippen molar-refractivity contribution in [1.29, 1.82) is 0 Å². The summed E-state index contributed by atoms with van der Waals surface area (Å²) < 4.78 is 14.3. The van der Waals surface area contributed by atoms with Gasteiger partial charge >= 0.3 is 0 Å². The smallest absolute Gasteiger partial charge is 0.148 e. The lowest BCUT2D eigenvalue weighted by molar-refractivity contribution is 0.612. The van der Waals surface area contributed by atoms with Crippen molar-refractivity contribution in [3.8, 4) is 0 Å². The van der Waals surface area contributed by atoms with Crippen LogP contribution in [0.5, 0.6) is 0 Å². The maximum atomic E-state index is 14.3. The Hall–Kier alpha value is -1.48. The van der Waals surface area contributed by atoms with E-state index in [0.29, 0.717) is 5.56 Å². The lowest BCUT2D eigenvalue weighted by Gasteiger charge is -2.25. The van der Waals surface area contributed by atoms with Gasteiger partial charge in [-0.3, -0.25) is 4.98 Å². The van der Waals surface area contributed by atoms with E-state index in [0.717, 1.165) is 43.4 Å². The third-order valence-electron chi connectivity index (χ3n) is 4.30. The maximum Gasteiger partial charge on any atom is 0.148 e. The molecule has 0 saturated carbocycles. The van der Waals surface area contributed by atoms with Gasteiger partial charge in [0.25, 0.3) is 0 Å². The summed E-state index contributed by atoms with van der Waals surface area (Å²) in [5.41, 5.74) is 5.01. The summed E-state index contributed by atoms with van der Waals surface area (Å²) in [4.78, 5) is 4.14. The molecule has 1 rings (SSSR count). The molecule has 0 aliphatic heterocycles. The molecule has 23 heavy (non-hydrogen) atoms. The second-order valence-electron chi connectivity index (χ2n) is 6.04. The number of rotatable bonds is 9. The Balaban J connectivity index is 3.38. The number of nitrogens with zero attached hydrogens (tertiary/aromatic N) is 1. The Bertz CT molecular complexity index is 561. The number of pyridine rings is 1. The van der Waals surface area contributed by atoms with Crippen LogP contribution in [0.3, 0.4) is 0 Å². The maximum absolute atomic E-state index is 14.3. The largest absolute Gasteiger partial charge is 0.310 e. The molecule has 0 radical (unpaired) electrons. The Morgan fingerprint density at radius 2 is 1.91 bits per heavy atom. The molecular weight excluding hydrogens is 287 g/mol. The highest BCUT2D eigenvalue weighted by Gasteiger charge is 2.19. The third-order valence-corrected chi connectivity index (χ3v) is 4.30. The highest BCUT2D eigenvalue weighted by molar-refractivity contribution is 5.69. The van der Waals surface area contributed by atoms with Crippen molar-refractivity contribution in [3.63, 3.8) is 0 Å². The molecule has 0 bridgehead atoms. The van der Waals surface area contributed by atoms with Crippen molar-refractivity contribution < 1.29 is 4.39 Å². The fraction of sp³-hybridized carbons (Fsp3) is 0.550. The van der Waals surface area contributed by atoms with Crippen LogP contribution in [0.1, 0.15) is 64.6 Å². The SMILES string of the molecule is C=C(CCC)C(NC)/C(CCC)=C(\C)c1cc(CC)ncc1F. The summed E-state index contributed by atoms with van der Waals surface area (Å²) in [6, 6.07) is 1.99. The number of halogens is 1. The van der Waals surface area contributed by atoms with Crippen molar-refractivity contribution in [3.05, 3.63) is 47.1 Å². The molecule has 0 spiro atoms. The Kier molecular flexibility index (Phi) is 8.18. The first-order valence-electron chi connectivity index (χ1n) is 8.69. The van der Waals surface area contributed by atoms with E-state index in [-0.39, 0.29) is 11.9 Å². The van der Waals surface area contributed by atoms with E-state index >= 15 is 0 Å². The highest BCUT2D eigenvalue weighted by atomic mass is 19.1. The van der Waals surface area contributed by atoms with Gasteiger partial charge in [0.2, 0.25) is 0 Å². The molecule has 2 nitrogen and oxygen atoms in total. The number of hydrogen-bond donors (Lipinski definition) is 1. The van der Waals surface area contributed by atoms with Gasteiger partial charge in [0.15, 0.2) is 0 Å². The molecule has 1 atom stereocenters. The van der Waals surface area contributed by atoms with Crippen LogP contribution in [0, 0.1) is 5.82 Å². The van der Waals surface area contributed by atoms with E-state index in [1.54, 1.807) is 0 Å². The topological polar surface area (TPSA) is 24.9 Å². The second-order valence-corrected chi connectivity index (χ2v) is 6.04.